The van der Waals surface area contributed by atoms with Gasteiger partial charge >= 0.3 is 0 Å². The molecule has 0 aromatic carbocycles. The Labute approximate surface area is 151 Å². The molecule has 1 fully saturated rings. The van der Waals surface area contributed by atoms with Crippen LogP contribution in [0.15, 0.2) is 12.1 Å². The van der Waals surface area contributed by atoms with E-state index in [1.807, 2.05) is 6.07 Å². The molecule has 0 spiro atoms. The second-order valence-corrected chi connectivity index (χ2v) is 7.82. The van der Waals surface area contributed by atoms with Gasteiger partial charge in [-0.25, -0.2) is 4.98 Å². The van der Waals surface area contributed by atoms with Gasteiger partial charge < -0.3 is 9.80 Å². The van der Waals surface area contributed by atoms with Crippen molar-refractivity contribution < 1.29 is 4.79 Å². The minimum atomic E-state index is -0.110. The van der Waals surface area contributed by atoms with Crippen LogP contribution in [0, 0.1) is 5.41 Å². The van der Waals surface area contributed by atoms with Crippen LogP contribution >= 0.6 is 11.6 Å². The quantitative estimate of drug-likeness (QED) is 0.554. The molecule has 134 valence electrons. The SMILES string of the molecule is CCCCCC1(C)CCN(c2ccc(C(=O)N(C)C)c(Cl)n2)CC1. The first-order valence-corrected chi connectivity index (χ1v) is 9.37. The van der Waals surface area contributed by atoms with Crippen LogP contribution in [0.25, 0.3) is 0 Å². The predicted molar refractivity (Wildman–Crippen MR) is 101 cm³/mol. The highest BCUT2D eigenvalue weighted by Crippen LogP contribution is 2.37. The summed E-state index contributed by atoms with van der Waals surface area (Å²) >= 11 is 6.24. The summed E-state index contributed by atoms with van der Waals surface area (Å²) in [6, 6.07) is 3.71. The molecule has 1 aliphatic rings. The fraction of sp³-hybridized carbons (Fsp3) is 0.684. The van der Waals surface area contributed by atoms with Gasteiger partial charge in [0, 0.05) is 27.2 Å². The number of anilines is 1. The van der Waals surface area contributed by atoms with E-state index in [0.29, 0.717) is 16.1 Å². The zero-order chi connectivity index (χ0) is 17.7. The van der Waals surface area contributed by atoms with Crippen LogP contribution in [-0.2, 0) is 0 Å². The number of halogens is 1. The molecule has 2 heterocycles. The van der Waals surface area contributed by atoms with Crippen LogP contribution in [0.5, 0.6) is 0 Å². The van der Waals surface area contributed by atoms with Crippen molar-refractivity contribution >= 4 is 23.3 Å². The van der Waals surface area contributed by atoms with Crippen molar-refractivity contribution in [3.8, 4) is 0 Å². The molecule has 1 saturated heterocycles. The average Bonchev–Trinajstić information content (AvgIpc) is 2.55. The minimum absolute atomic E-state index is 0.110. The summed E-state index contributed by atoms with van der Waals surface area (Å²) in [5.41, 5.74) is 0.919. The van der Waals surface area contributed by atoms with Gasteiger partial charge in [0.2, 0.25) is 0 Å². The lowest BCUT2D eigenvalue weighted by molar-refractivity contribution is 0.0827. The maximum atomic E-state index is 12.1. The Balaban J connectivity index is 1.99. The molecule has 0 aliphatic carbocycles. The zero-order valence-electron chi connectivity index (χ0n) is 15.4. The number of piperidine rings is 1. The third-order valence-electron chi connectivity index (χ3n) is 5.15. The van der Waals surface area contributed by atoms with Gasteiger partial charge in [0.1, 0.15) is 11.0 Å². The van der Waals surface area contributed by atoms with Gasteiger partial charge in [-0.05, 0) is 36.8 Å². The second-order valence-electron chi connectivity index (χ2n) is 7.46. The number of nitrogens with zero attached hydrogens (tertiary/aromatic N) is 3. The summed E-state index contributed by atoms with van der Waals surface area (Å²) < 4.78 is 0. The summed E-state index contributed by atoms with van der Waals surface area (Å²) in [4.78, 5) is 20.3. The fourth-order valence-electron chi connectivity index (χ4n) is 3.33. The highest BCUT2D eigenvalue weighted by atomic mass is 35.5. The molecule has 0 N–H and O–H groups in total. The van der Waals surface area contributed by atoms with Crippen molar-refractivity contribution in [2.45, 2.75) is 52.4 Å². The number of unbranched alkanes of at least 4 members (excludes halogenated alkanes) is 2. The molecule has 0 bridgehead atoms. The molecule has 1 aromatic heterocycles. The number of aromatic nitrogens is 1. The first-order chi connectivity index (χ1) is 11.4. The zero-order valence-corrected chi connectivity index (χ0v) is 16.2. The van der Waals surface area contributed by atoms with Crippen molar-refractivity contribution in [2.75, 3.05) is 32.1 Å². The summed E-state index contributed by atoms with van der Waals surface area (Å²) in [6.07, 6.45) is 7.64. The smallest absolute Gasteiger partial charge is 0.256 e. The molecule has 0 unspecified atom stereocenters. The Morgan fingerprint density at radius 2 is 1.96 bits per heavy atom. The molecule has 1 aromatic rings. The number of carbonyl (C=O) groups is 1. The Kier molecular flexibility index (Phi) is 6.50. The first kappa shape index (κ1) is 19.0. The summed E-state index contributed by atoms with van der Waals surface area (Å²) in [5, 5.41) is 0.294. The molecule has 0 saturated carbocycles. The number of carbonyl (C=O) groups excluding carboxylic acids is 1. The Bertz CT molecular complexity index is 566. The lowest BCUT2D eigenvalue weighted by atomic mass is 9.76. The van der Waals surface area contributed by atoms with E-state index < -0.39 is 0 Å². The van der Waals surface area contributed by atoms with Crippen LogP contribution in [-0.4, -0.2) is 43.0 Å². The van der Waals surface area contributed by atoms with Crippen molar-refractivity contribution in [1.82, 2.24) is 9.88 Å². The molecule has 2 rings (SSSR count). The monoisotopic (exact) mass is 351 g/mol. The maximum Gasteiger partial charge on any atom is 0.256 e. The van der Waals surface area contributed by atoms with Gasteiger partial charge in [-0.2, -0.15) is 0 Å². The van der Waals surface area contributed by atoms with Gasteiger partial charge in [0.15, 0.2) is 0 Å². The fourth-order valence-corrected chi connectivity index (χ4v) is 3.56. The molecule has 0 atom stereocenters. The number of hydrogen-bond donors (Lipinski definition) is 0. The van der Waals surface area contributed by atoms with Crippen LogP contribution in [0.3, 0.4) is 0 Å². The second kappa shape index (κ2) is 8.19. The normalized spacial score (nSPS) is 17.0. The number of pyridine rings is 1. The molecule has 1 aliphatic heterocycles. The van der Waals surface area contributed by atoms with Crippen LogP contribution in [0.1, 0.15) is 62.7 Å². The van der Waals surface area contributed by atoms with E-state index in [1.54, 1.807) is 20.2 Å². The van der Waals surface area contributed by atoms with Crippen LogP contribution in [0.4, 0.5) is 5.82 Å². The third-order valence-corrected chi connectivity index (χ3v) is 5.44. The maximum absolute atomic E-state index is 12.1. The van der Waals surface area contributed by atoms with E-state index in [9.17, 15) is 4.79 Å². The largest absolute Gasteiger partial charge is 0.357 e. The number of hydrogen-bond acceptors (Lipinski definition) is 3. The topological polar surface area (TPSA) is 36.4 Å². The summed E-state index contributed by atoms with van der Waals surface area (Å²) in [5.74, 6) is 0.770. The molecule has 1 amide bonds. The van der Waals surface area contributed by atoms with Gasteiger partial charge in [-0.1, -0.05) is 44.7 Å². The number of amides is 1. The Morgan fingerprint density at radius 1 is 1.29 bits per heavy atom. The highest BCUT2D eigenvalue weighted by molar-refractivity contribution is 6.32. The van der Waals surface area contributed by atoms with E-state index in [4.69, 9.17) is 11.6 Å². The lowest BCUT2D eigenvalue weighted by Gasteiger charge is -2.40. The van der Waals surface area contributed by atoms with Crippen LogP contribution in [0.2, 0.25) is 5.15 Å². The van der Waals surface area contributed by atoms with E-state index in [2.05, 4.69) is 23.7 Å². The van der Waals surface area contributed by atoms with E-state index >= 15 is 0 Å². The van der Waals surface area contributed by atoms with Crippen molar-refractivity contribution in [3.63, 3.8) is 0 Å². The third kappa shape index (κ3) is 4.62. The van der Waals surface area contributed by atoms with E-state index in [0.717, 1.165) is 18.9 Å². The van der Waals surface area contributed by atoms with Gasteiger partial charge in [0.25, 0.3) is 5.91 Å². The molecule has 5 heteroatoms. The van der Waals surface area contributed by atoms with Crippen molar-refractivity contribution in [3.05, 3.63) is 22.8 Å². The number of rotatable bonds is 6. The molecule has 4 nitrogen and oxygen atoms in total. The predicted octanol–water partition coefficient (Wildman–Crippen LogP) is 4.62. The van der Waals surface area contributed by atoms with E-state index in [1.165, 1.54) is 43.4 Å². The molecule has 24 heavy (non-hydrogen) atoms. The molecule has 0 radical (unpaired) electrons. The van der Waals surface area contributed by atoms with E-state index in [-0.39, 0.29) is 5.91 Å². The lowest BCUT2D eigenvalue weighted by Crippen LogP contribution is -2.39. The van der Waals surface area contributed by atoms with Crippen molar-refractivity contribution in [2.24, 2.45) is 5.41 Å². The summed E-state index contributed by atoms with van der Waals surface area (Å²) in [6.45, 7) is 6.68. The highest BCUT2D eigenvalue weighted by Gasteiger charge is 2.30. The Morgan fingerprint density at radius 3 is 2.50 bits per heavy atom. The van der Waals surface area contributed by atoms with Crippen LogP contribution < -0.4 is 4.90 Å². The first-order valence-electron chi connectivity index (χ1n) is 8.99. The Hall–Kier alpha value is -1.29. The van der Waals surface area contributed by atoms with Gasteiger partial charge in [-0.3, -0.25) is 4.79 Å². The van der Waals surface area contributed by atoms with Gasteiger partial charge in [-0.15, -0.1) is 0 Å². The van der Waals surface area contributed by atoms with Gasteiger partial charge in [0.05, 0.1) is 5.56 Å². The standard InChI is InChI=1S/C19H30ClN3O/c1-5-6-7-10-19(2)11-13-23(14-12-19)16-9-8-15(17(20)21-16)18(24)22(3)4/h8-9H,5-7,10-14H2,1-4H3. The molecular formula is C19H30ClN3O. The molecular weight excluding hydrogens is 322 g/mol. The minimum Gasteiger partial charge on any atom is -0.357 e. The average molecular weight is 352 g/mol. The van der Waals surface area contributed by atoms with Crippen molar-refractivity contribution in [1.29, 1.82) is 0 Å². The summed E-state index contributed by atoms with van der Waals surface area (Å²) in [7, 11) is 3.44.